The van der Waals surface area contributed by atoms with Crippen LogP contribution in [0.15, 0.2) is 60.7 Å². The van der Waals surface area contributed by atoms with Crippen LogP contribution >= 0.6 is 0 Å². The third kappa shape index (κ3) is 3.80. The van der Waals surface area contributed by atoms with E-state index in [9.17, 15) is 9.90 Å². The van der Waals surface area contributed by atoms with Gasteiger partial charge in [-0.05, 0) is 12.1 Å². The maximum atomic E-state index is 12.6. The number of fused-ring (bicyclic) bond motifs is 1. The minimum absolute atomic E-state index is 0.250. The Hall–Kier alpha value is -2.29. The third-order valence-corrected chi connectivity index (χ3v) is 5.00. The van der Waals surface area contributed by atoms with Gasteiger partial charge in [-0.25, -0.2) is 0 Å². The summed E-state index contributed by atoms with van der Waals surface area (Å²) >= 11 is 0. The summed E-state index contributed by atoms with van der Waals surface area (Å²) < 4.78 is 23.0. The Morgan fingerprint density at radius 2 is 1.75 bits per heavy atom. The first-order valence-corrected chi connectivity index (χ1v) is 9.21. The highest BCUT2D eigenvalue weighted by Crippen LogP contribution is 2.34. The lowest BCUT2D eigenvalue weighted by atomic mass is 9.95. The average molecular weight is 385 g/mol. The molecule has 2 aromatic carbocycles. The van der Waals surface area contributed by atoms with E-state index in [2.05, 4.69) is 5.32 Å². The van der Waals surface area contributed by atoms with Crippen LogP contribution in [0.4, 0.5) is 0 Å². The van der Waals surface area contributed by atoms with Crippen LogP contribution in [0.3, 0.4) is 0 Å². The van der Waals surface area contributed by atoms with Gasteiger partial charge in [0.2, 0.25) is 0 Å². The molecular weight excluding hydrogens is 362 g/mol. The number of carbonyl (C=O) groups excluding carboxylic acids is 1. The lowest BCUT2D eigenvalue weighted by molar-refractivity contribution is -0.340. The lowest BCUT2D eigenvalue weighted by Crippen LogP contribution is -2.66. The van der Waals surface area contributed by atoms with Crippen LogP contribution in [0, 0.1) is 0 Å². The summed E-state index contributed by atoms with van der Waals surface area (Å²) in [4.78, 5) is 12.6. The zero-order chi connectivity index (χ0) is 19.5. The SMILES string of the molecule is CO[C@@H]1O[C@@H]2CO[C@@H](c3ccccc3)O[C@H]2[C@H](O)[C@H]1NC(=O)c1ccccc1. The monoisotopic (exact) mass is 385 g/mol. The largest absolute Gasteiger partial charge is 0.388 e. The number of carbonyl (C=O) groups is 1. The second-order valence-corrected chi connectivity index (χ2v) is 6.81. The zero-order valence-corrected chi connectivity index (χ0v) is 15.4. The number of nitrogens with one attached hydrogen (secondary N) is 1. The number of benzene rings is 2. The first-order chi connectivity index (χ1) is 13.7. The molecular formula is C21H23NO6. The number of ether oxygens (including phenoxy) is 4. The molecule has 0 aliphatic carbocycles. The highest BCUT2D eigenvalue weighted by atomic mass is 16.7. The van der Waals surface area contributed by atoms with Crippen molar-refractivity contribution in [1.82, 2.24) is 5.32 Å². The molecule has 0 aromatic heterocycles. The summed E-state index contributed by atoms with van der Waals surface area (Å²) in [6.45, 7) is 0.250. The fourth-order valence-corrected chi connectivity index (χ4v) is 3.55. The molecule has 0 spiro atoms. The Bertz CT molecular complexity index is 786. The van der Waals surface area contributed by atoms with E-state index in [1.54, 1.807) is 24.3 Å². The van der Waals surface area contributed by atoms with Crippen LogP contribution in [0.25, 0.3) is 0 Å². The Balaban J connectivity index is 1.50. The fourth-order valence-electron chi connectivity index (χ4n) is 3.55. The number of hydrogen-bond acceptors (Lipinski definition) is 6. The molecule has 6 atom stereocenters. The molecule has 0 bridgehead atoms. The smallest absolute Gasteiger partial charge is 0.251 e. The first-order valence-electron chi connectivity index (χ1n) is 9.21. The van der Waals surface area contributed by atoms with E-state index in [0.717, 1.165) is 5.56 Å². The summed E-state index contributed by atoms with van der Waals surface area (Å²) in [6, 6.07) is 17.5. The lowest BCUT2D eigenvalue weighted by Gasteiger charge is -2.47. The van der Waals surface area contributed by atoms with Crippen LogP contribution in [-0.2, 0) is 18.9 Å². The molecule has 2 fully saturated rings. The molecule has 7 heteroatoms. The van der Waals surface area contributed by atoms with Gasteiger partial charge >= 0.3 is 0 Å². The molecule has 2 N–H and O–H groups in total. The van der Waals surface area contributed by atoms with Gasteiger partial charge in [-0.1, -0.05) is 48.5 Å². The maximum Gasteiger partial charge on any atom is 0.251 e. The van der Waals surface area contributed by atoms with Crippen molar-refractivity contribution in [3.63, 3.8) is 0 Å². The Morgan fingerprint density at radius 3 is 2.43 bits per heavy atom. The van der Waals surface area contributed by atoms with Crippen molar-refractivity contribution >= 4 is 5.91 Å². The van der Waals surface area contributed by atoms with E-state index in [4.69, 9.17) is 18.9 Å². The molecule has 0 unspecified atom stereocenters. The second kappa shape index (κ2) is 8.38. The summed E-state index contributed by atoms with van der Waals surface area (Å²) in [5.74, 6) is -0.319. The van der Waals surface area contributed by atoms with Gasteiger partial charge in [0.25, 0.3) is 5.91 Å². The van der Waals surface area contributed by atoms with E-state index >= 15 is 0 Å². The number of aliphatic hydroxyl groups is 1. The van der Waals surface area contributed by atoms with E-state index in [1.807, 2.05) is 36.4 Å². The summed E-state index contributed by atoms with van der Waals surface area (Å²) in [6.07, 6.45) is -3.60. The van der Waals surface area contributed by atoms with Crippen LogP contribution in [0.2, 0.25) is 0 Å². The molecule has 0 radical (unpaired) electrons. The van der Waals surface area contributed by atoms with Crippen molar-refractivity contribution in [1.29, 1.82) is 0 Å². The van der Waals surface area contributed by atoms with Gasteiger partial charge in [-0.15, -0.1) is 0 Å². The number of methoxy groups -OCH3 is 1. The Labute approximate surface area is 163 Å². The van der Waals surface area contributed by atoms with Gasteiger partial charge in [0.05, 0.1) is 6.61 Å². The van der Waals surface area contributed by atoms with Crippen LogP contribution in [-0.4, -0.2) is 55.4 Å². The van der Waals surface area contributed by atoms with Crippen molar-refractivity contribution in [3.8, 4) is 0 Å². The molecule has 2 aliphatic rings. The van der Waals surface area contributed by atoms with Crippen molar-refractivity contribution in [2.45, 2.75) is 36.9 Å². The molecule has 2 heterocycles. The number of rotatable bonds is 4. The molecule has 2 saturated heterocycles. The molecule has 4 rings (SSSR count). The van der Waals surface area contributed by atoms with E-state index in [-0.39, 0.29) is 12.5 Å². The van der Waals surface area contributed by atoms with Gasteiger partial charge in [-0.2, -0.15) is 0 Å². The fraction of sp³-hybridized carbons (Fsp3) is 0.381. The summed E-state index contributed by atoms with van der Waals surface area (Å²) in [7, 11) is 1.47. The van der Waals surface area contributed by atoms with Crippen LogP contribution in [0.5, 0.6) is 0 Å². The van der Waals surface area contributed by atoms with E-state index < -0.39 is 36.9 Å². The highest BCUT2D eigenvalue weighted by Gasteiger charge is 2.50. The Morgan fingerprint density at radius 1 is 1.07 bits per heavy atom. The summed E-state index contributed by atoms with van der Waals surface area (Å²) in [5, 5.41) is 13.8. The van der Waals surface area contributed by atoms with Gasteiger partial charge in [0.1, 0.15) is 24.4 Å². The normalized spacial score (nSPS) is 32.4. The molecule has 1 amide bonds. The quantitative estimate of drug-likeness (QED) is 0.832. The standard InChI is InChI=1S/C21H23NO6/c1-25-21-16(22-19(24)13-8-4-2-5-9-13)17(23)18-15(27-21)12-26-20(28-18)14-10-6-3-7-11-14/h2-11,15-18,20-21,23H,12H2,1H3,(H,22,24)/t15-,16-,17-,18-,20-,21-/m1/s1. The van der Waals surface area contributed by atoms with Crippen LogP contribution < -0.4 is 5.32 Å². The molecule has 148 valence electrons. The van der Waals surface area contributed by atoms with Crippen LogP contribution in [0.1, 0.15) is 22.2 Å². The van der Waals surface area contributed by atoms with Crippen molar-refractivity contribution in [2.75, 3.05) is 13.7 Å². The van der Waals surface area contributed by atoms with Gasteiger partial charge in [0, 0.05) is 18.2 Å². The zero-order valence-electron chi connectivity index (χ0n) is 15.4. The maximum absolute atomic E-state index is 12.6. The van der Waals surface area contributed by atoms with Gasteiger partial charge in [-0.3, -0.25) is 4.79 Å². The minimum Gasteiger partial charge on any atom is -0.388 e. The number of aliphatic hydroxyl groups excluding tert-OH is 1. The predicted octanol–water partition coefficient (Wildman–Crippen LogP) is 1.63. The summed E-state index contributed by atoms with van der Waals surface area (Å²) in [5.41, 5.74) is 1.34. The second-order valence-electron chi connectivity index (χ2n) is 6.81. The first kappa shape index (κ1) is 19.0. The Kier molecular flexibility index (Phi) is 5.70. The topological polar surface area (TPSA) is 86.2 Å². The molecule has 2 aromatic rings. The van der Waals surface area contributed by atoms with Gasteiger partial charge in [0.15, 0.2) is 12.6 Å². The molecule has 28 heavy (non-hydrogen) atoms. The minimum atomic E-state index is -1.02. The van der Waals surface area contributed by atoms with Crippen molar-refractivity contribution in [2.24, 2.45) is 0 Å². The van der Waals surface area contributed by atoms with Gasteiger partial charge < -0.3 is 29.4 Å². The molecule has 0 saturated carbocycles. The van der Waals surface area contributed by atoms with E-state index in [0.29, 0.717) is 5.56 Å². The average Bonchev–Trinajstić information content (AvgIpc) is 2.76. The number of hydrogen-bond donors (Lipinski definition) is 2. The van der Waals surface area contributed by atoms with Crippen molar-refractivity contribution in [3.05, 3.63) is 71.8 Å². The number of amides is 1. The van der Waals surface area contributed by atoms with Crippen molar-refractivity contribution < 1.29 is 28.8 Å². The molecule has 7 nitrogen and oxygen atoms in total. The third-order valence-electron chi connectivity index (χ3n) is 5.00. The highest BCUT2D eigenvalue weighted by molar-refractivity contribution is 5.94. The predicted molar refractivity (Wildman–Crippen MR) is 99.4 cm³/mol. The molecule has 2 aliphatic heterocycles. The van der Waals surface area contributed by atoms with E-state index in [1.165, 1.54) is 7.11 Å².